The summed E-state index contributed by atoms with van der Waals surface area (Å²) in [5, 5.41) is 0. The van der Waals surface area contributed by atoms with Crippen LogP contribution >= 0.6 is 0 Å². The highest BCUT2D eigenvalue weighted by Crippen LogP contribution is 2.24. The van der Waals surface area contributed by atoms with Gasteiger partial charge in [-0.05, 0) is 37.5 Å². The number of aromatic nitrogens is 2. The third-order valence-electron chi connectivity index (χ3n) is 6.14. The average Bonchev–Trinajstić information content (AvgIpc) is 3.11. The van der Waals surface area contributed by atoms with Crippen molar-refractivity contribution in [2.45, 2.75) is 26.8 Å². The van der Waals surface area contributed by atoms with Crippen LogP contribution in [0.5, 0.6) is 0 Å². The molecule has 31 heavy (non-hydrogen) atoms. The topological polar surface area (TPSA) is 52.2 Å². The zero-order valence-corrected chi connectivity index (χ0v) is 18.1. The van der Waals surface area contributed by atoms with Gasteiger partial charge in [-0.3, -0.25) is 9.69 Å². The van der Waals surface area contributed by atoms with Gasteiger partial charge in [-0.1, -0.05) is 42.5 Å². The average molecular weight is 421 g/mol. The van der Waals surface area contributed by atoms with Crippen LogP contribution in [-0.4, -0.2) is 51.9 Å². The highest BCUT2D eigenvalue weighted by Gasteiger charge is 2.30. The Morgan fingerprint density at radius 3 is 2.58 bits per heavy atom. The molecule has 1 aliphatic heterocycles. The number of rotatable bonds is 6. The van der Waals surface area contributed by atoms with Crippen molar-refractivity contribution in [2.75, 3.05) is 26.2 Å². The lowest BCUT2D eigenvalue weighted by Gasteiger charge is -2.23. The van der Waals surface area contributed by atoms with E-state index in [2.05, 4.69) is 14.9 Å². The van der Waals surface area contributed by atoms with Gasteiger partial charge in [0, 0.05) is 44.0 Å². The molecule has 1 N–H and O–H groups in total. The van der Waals surface area contributed by atoms with Crippen LogP contribution in [0.1, 0.15) is 23.9 Å². The lowest BCUT2D eigenvalue weighted by molar-refractivity contribution is -0.134. The maximum atomic E-state index is 14.1. The fourth-order valence-electron chi connectivity index (χ4n) is 4.28. The van der Waals surface area contributed by atoms with Gasteiger partial charge in [0.2, 0.25) is 5.91 Å². The van der Waals surface area contributed by atoms with Crippen LogP contribution in [0.3, 0.4) is 0 Å². The van der Waals surface area contributed by atoms with Gasteiger partial charge in [0.15, 0.2) is 0 Å². The molecule has 4 rings (SSSR count). The van der Waals surface area contributed by atoms with Crippen molar-refractivity contribution in [3.05, 3.63) is 77.6 Å². The molecule has 1 aromatic heterocycles. The Morgan fingerprint density at radius 2 is 1.90 bits per heavy atom. The van der Waals surface area contributed by atoms with Crippen molar-refractivity contribution in [2.24, 2.45) is 5.92 Å². The Bertz CT molecular complexity index is 1030. The zero-order valence-electron chi connectivity index (χ0n) is 18.1. The van der Waals surface area contributed by atoms with Crippen molar-refractivity contribution in [3.8, 4) is 11.1 Å². The molecule has 1 unspecified atom stereocenters. The van der Waals surface area contributed by atoms with Crippen LogP contribution in [0, 0.1) is 18.7 Å². The number of H-pyrrole nitrogens is 1. The van der Waals surface area contributed by atoms with E-state index in [1.807, 2.05) is 49.1 Å². The molecule has 1 fully saturated rings. The van der Waals surface area contributed by atoms with Crippen LogP contribution in [0.4, 0.5) is 4.39 Å². The normalized spacial score (nSPS) is 17.7. The first kappa shape index (κ1) is 21.2. The van der Waals surface area contributed by atoms with Crippen molar-refractivity contribution in [1.82, 2.24) is 19.8 Å². The second kappa shape index (κ2) is 9.43. The van der Waals surface area contributed by atoms with E-state index in [1.54, 1.807) is 18.5 Å². The molecule has 2 heterocycles. The van der Waals surface area contributed by atoms with Gasteiger partial charge in [-0.2, -0.15) is 0 Å². The monoisotopic (exact) mass is 420 g/mol. The maximum Gasteiger partial charge on any atom is 0.227 e. The molecule has 1 atom stereocenters. The van der Waals surface area contributed by atoms with Gasteiger partial charge in [-0.15, -0.1) is 0 Å². The number of nitrogens with zero attached hydrogens (tertiary/aromatic N) is 3. The SMILES string of the molecule is CCN1CCN(Cc2nc[nH]c2C)CC(Cc2ccc(-c3ccccc3F)cc2)C1=O. The maximum absolute atomic E-state index is 14.1. The van der Waals surface area contributed by atoms with E-state index in [1.165, 1.54) is 6.07 Å². The number of imidazole rings is 1. The number of aromatic amines is 1. The standard InChI is InChI=1S/C25H29FN4O/c1-3-30-13-12-29(16-24-18(2)27-17-28-24)15-21(25(30)31)14-19-8-10-20(11-9-19)22-6-4-5-7-23(22)26/h4-11,17,21H,3,12-16H2,1-2H3,(H,27,28). The van der Waals surface area contributed by atoms with Crippen molar-refractivity contribution < 1.29 is 9.18 Å². The number of halogens is 1. The summed E-state index contributed by atoms with van der Waals surface area (Å²) < 4.78 is 14.1. The predicted molar refractivity (Wildman–Crippen MR) is 120 cm³/mol. The first-order chi connectivity index (χ1) is 15.0. The van der Waals surface area contributed by atoms with Crippen molar-refractivity contribution >= 4 is 5.91 Å². The molecule has 0 spiro atoms. The highest BCUT2D eigenvalue weighted by atomic mass is 19.1. The smallest absolute Gasteiger partial charge is 0.227 e. The third kappa shape index (κ3) is 4.85. The fraction of sp³-hybridized carbons (Fsp3) is 0.360. The summed E-state index contributed by atoms with van der Waals surface area (Å²) in [7, 11) is 0. The summed E-state index contributed by atoms with van der Waals surface area (Å²) in [6.45, 7) is 7.80. The number of carbonyl (C=O) groups excluding carboxylic acids is 1. The Kier molecular flexibility index (Phi) is 6.47. The molecule has 2 aromatic carbocycles. The zero-order chi connectivity index (χ0) is 21.8. The Labute approximate surface area is 182 Å². The number of amides is 1. The fourth-order valence-corrected chi connectivity index (χ4v) is 4.28. The van der Waals surface area contributed by atoms with E-state index in [0.717, 1.165) is 48.7 Å². The van der Waals surface area contributed by atoms with Crippen LogP contribution in [0.2, 0.25) is 0 Å². The quantitative estimate of drug-likeness (QED) is 0.655. The number of carbonyl (C=O) groups is 1. The summed E-state index contributed by atoms with van der Waals surface area (Å²) in [5.41, 5.74) is 4.64. The molecule has 162 valence electrons. The summed E-state index contributed by atoms with van der Waals surface area (Å²) in [5.74, 6) is -0.125. The van der Waals surface area contributed by atoms with Crippen LogP contribution in [0.25, 0.3) is 11.1 Å². The largest absolute Gasteiger partial charge is 0.348 e. The summed E-state index contributed by atoms with van der Waals surface area (Å²) >= 11 is 0. The molecule has 5 nitrogen and oxygen atoms in total. The van der Waals surface area contributed by atoms with E-state index in [4.69, 9.17) is 0 Å². The number of benzene rings is 2. The van der Waals surface area contributed by atoms with E-state index in [-0.39, 0.29) is 17.6 Å². The Hall–Kier alpha value is -2.99. The molecule has 3 aromatic rings. The van der Waals surface area contributed by atoms with E-state index < -0.39 is 0 Å². The number of hydrogen-bond acceptors (Lipinski definition) is 3. The van der Waals surface area contributed by atoms with Gasteiger partial charge >= 0.3 is 0 Å². The molecule has 0 bridgehead atoms. The molecular formula is C25H29FN4O. The Balaban J connectivity index is 1.51. The number of aryl methyl sites for hydroxylation is 1. The lowest BCUT2D eigenvalue weighted by Crippen LogP contribution is -2.37. The van der Waals surface area contributed by atoms with Gasteiger partial charge < -0.3 is 9.88 Å². The van der Waals surface area contributed by atoms with E-state index in [0.29, 0.717) is 18.5 Å². The second-order valence-electron chi connectivity index (χ2n) is 8.21. The first-order valence-electron chi connectivity index (χ1n) is 10.9. The van der Waals surface area contributed by atoms with Crippen molar-refractivity contribution in [3.63, 3.8) is 0 Å². The molecular weight excluding hydrogens is 391 g/mol. The molecule has 0 radical (unpaired) electrons. The molecule has 0 saturated carbocycles. The van der Waals surface area contributed by atoms with E-state index >= 15 is 0 Å². The van der Waals surface area contributed by atoms with Crippen LogP contribution in [0.15, 0.2) is 54.9 Å². The minimum absolute atomic E-state index is 0.110. The van der Waals surface area contributed by atoms with Gasteiger partial charge in [0.25, 0.3) is 0 Å². The van der Waals surface area contributed by atoms with Crippen LogP contribution < -0.4 is 0 Å². The summed E-state index contributed by atoms with van der Waals surface area (Å²) in [4.78, 5) is 25.0. The minimum atomic E-state index is -0.225. The lowest BCUT2D eigenvalue weighted by atomic mass is 9.95. The predicted octanol–water partition coefficient (Wildman–Crippen LogP) is 4.05. The molecule has 0 aliphatic carbocycles. The number of nitrogens with one attached hydrogen (secondary N) is 1. The molecule has 1 saturated heterocycles. The number of hydrogen-bond donors (Lipinski definition) is 1. The number of likely N-dealkylation sites (N-methyl/N-ethyl adjacent to an activating group) is 1. The molecule has 6 heteroatoms. The van der Waals surface area contributed by atoms with Gasteiger partial charge in [-0.25, -0.2) is 9.37 Å². The van der Waals surface area contributed by atoms with E-state index in [9.17, 15) is 9.18 Å². The molecule has 1 amide bonds. The summed E-state index contributed by atoms with van der Waals surface area (Å²) in [6.07, 6.45) is 2.39. The summed E-state index contributed by atoms with van der Waals surface area (Å²) in [6, 6.07) is 14.7. The first-order valence-corrected chi connectivity index (χ1v) is 10.9. The van der Waals surface area contributed by atoms with Gasteiger partial charge in [0.05, 0.1) is 17.9 Å². The van der Waals surface area contributed by atoms with Gasteiger partial charge in [0.1, 0.15) is 5.82 Å². The molecule has 1 aliphatic rings. The second-order valence-corrected chi connectivity index (χ2v) is 8.21. The van der Waals surface area contributed by atoms with Crippen LogP contribution in [-0.2, 0) is 17.8 Å². The third-order valence-corrected chi connectivity index (χ3v) is 6.14. The highest BCUT2D eigenvalue weighted by molar-refractivity contribution is 5.79. The minimum Gasteiger partial charge on any atom is -0.348 e. The van der Waals surface area contributed by atoms with Crippen molar-refractivity contribution in [1.29, 1.82) is 0 Å². The Morgan fingerprint density at radius 1 is 1.13 bits per heavy atom.